The third-order valence-corrected chi connectivity index (χ3v) is 5.96. The van der Waals surface area contributed by atoms with Crippen LogP contribution in [0.25, 0.3) is 0 Å². The standard InChI is InChI=1S/C26H26N2O3S/c1-4-30-22-15-20-21(16-23(22)31-5-2)28-26(29)24(20)25(17-9-7-6-8-10-17)27-18-11-13-19(32-3)14-12-18/h6-16,24H,4-5H2,1-3H3,(H,28,29). The Hall–Kier alpha value is -3.25. The number of nitrogens with zero attached hydrogens (tertiary/aromatic N) is 1. The summed E-state index contributed by atoms with van der Waals surface area (Å²) in [6.45, 7) is 4.87. The number of thioether (sulfide) groups is 1. The van der Waals surface area contributed by atoms with Crippen LogP contribution in [-0.2, 0) is 4.79 Å². The van der Waals surface area contributed by atoms with E-state index in [1.807, 2.05) is 86.8 Å². The third-order valence-electron chi connectivity index (χ3n) is 5.21. The van der Waals surface area contributed by atoms with E-state index in [9.17, 15) is 4.79 Å². The van der Waals surface area contributed by atoms with E-state index >= 15 is 0 Å². The van der Waals surface area contributed by atoms with Crippen LogP contribution in [0.15, 0.2) is 76.6 Å². The van der Waals surface area contributed by atoms with E-state index in [-0.39, 0.29) is 5.91 Å². The molecule has 0 aromatic heterocycles. The van der Waals surface area contributed by atoms with Crippen molar-refractivity contribution in [1.82, 2.24) is 0 Å². The maximum absolute atomic E-state index is 13.2. The number of ether oxygens (including phenoxy) is 2. The number of hydrogen-bond donors (Lipinski definition) is 1. The van der Waals surface area contributed by atoms with E-state index < -0.39 is 5.92 Å². The summed E-state index contributed by atoms with van der Waals surface area (Å²) in [5, 5.41) is 3.01. The molecule has 3 aromatic carbocycles. The molecule has 0 aliphatic carbocycles. The van der Waals surface area contributed by atoms with Gasteiger partial charge in [-0.3, -0.25) is 9.79 Å². The van der Waals surface area contributed by atoms with Gasteiger partial charge in [0.05, 0.1) is 24.6 Å². The maximum Gasteiger partial charge on any atom is 0.238 e. The Labute approximate surface area is 192 Å². The summed E-state index contributed by atoms with van der Waals surface area (Å²) < 4.78 is 11.6. The molecule has 1 amide bonds. The van der Waals surface area contributed by atoms with Gasteiger partial charge >= 0.3 is 0 Å². The molecule has 1 unspecified atom stereocenters. The number of aliphatic imine (C=N–C) groups is 1. The van der Waals surface area contributed by atoms with Crippen molar-refractivity contribution in [2.75, 3.05) is 24.8 Å². The van der Waals surface area contributed by atoms with Gasteiger partial charge in [0.15, 0.2) is 11.5 Å². The molecule has 6 heteroatoms. The topological polar surface area (TPSA) is 59.9 Å². The third kappa shape index (κ3) is 4.50. The molecule has 1 aliphatic rings. The van der Waals surface area contributed by atoms with E-state index in [0.29, 0.717) is 30.4 Å². The van der Waals surface area contributed by atoms with Gasteiger partial charge in [-0.05, 0) is 61.6 Å². The summed E-state index contributed by atoms with van der Waals surface area (Å²) in [4.78, 5) is 19.3. The summed E-state index contributed by atoms with van der Waals surface area (Å²) in [5.74, 6) is 0.591. The lowest BCUT2D eigenvalue weighted by atomic mass is 9.90. The molecule has 164 valence electrons. The van der Waals surface area contributed by atoms with Crippen molar-refractivity contribution in [3.63, 3.8) is 0 Å². The van der Waals surface area contributed by atoms with Crippen molar-refractivity contribution in [1.29, 1.82) is 0 Å². The van der Waals surface area contributed by atoms with E-state index in [0.717, 1.165) is 22.5 Å². The molecular weight excluding hydrogens is 420 g/mol. The lowest BCUT2D eigenvalue weighted by Crippen LogP contribution is -2.22. The first-order chi connectivity index (χ1) is 15.6. The summed E-state index contributed by atoms with van der Waals surface area (Å²) in [6.07, 6.45) is 2.04. The second kappa shape index (κ2) is 9.92. The fourth-order valence-corrected chi connectivity index (χ4v) is 4.19. The van der Waals surface area contributed by atoms with Crippen molar-refractivity contribution in [3.8, 4) is 11.5 Å². The average molecular weight is 447 g/mol. The number of fused-ring (bicyclic) bond motifs is 1. The number of anilines is 1. The zero-order chi connectivity index (χ0) is 22.5. The molecule has 1 aliphatic heterocycles. The van der Waals surface area contributed by atoms with Gasteiger partial charge in [-0.25, -0.2) is 0 Å². The minimum Gasteiger partial charge on any atom is -0.490 e. The number of hydrogen-bond acceptors (Lipinski definition) is 5. The van der Waals surface area contributed by atoms with Crippen molar-refractivity contribution >= 4 is 34.8 Å². The number of nitrogens with one attached hydrogen (secondary N) is 1. The Kier molecular flexibility index (Phi) is 6.81. The zero-order valence-corrected chi connectivity index (χ0v) is 19.2. The summed E-state index contributed by atoms with van der Waals surface area (Å²) in [7, 11) is 0. The summed E-state index contributed by atoms with van der Waals surface area (Å²) in [5.41, 5.74) is 3.98. The van der Waals surface area contributed by atoms with Gasteiger partial charge in [-0.1, -0.05) is 30.3 Å². The van der Waals surface area contributed by atoms with E-state index in [1.54, 1.807) is 11.8 Å². The Bertz CT molecular complexity index is 1130. The first kappa shape index (κ1) is 22.0. The number of carbonyl (C=O) groups is 1. The second-order valence-electron chi connectivity index (χ2n) is 7.24. The number of carbonyl (C=O) groups excluding carboxylic acids is 1. The molecular formula is C26H26N2O3S. The van der Waals surface area contributed by atoms with Crippen molar-refractivity contribution in [2.45, 2.75) is 24.7 Å². The van der Waals surface area contributed by atoms with E-state index in [4.69, 9.17) is 14.5 Å². The molecule has 1 atom stereocenters. The largest absolute Gasteiger partial charge is 0.490 e. The van der Waals surface area contributed by atoms with Gasteiger partial charge < -0.3 is 14.8 Å². The highest BCUT2D eigenvalue weighted by atomic mass is 32.2. The smallest absolute Gasteiger partial charge is 0.238 e. The molecule has 0 spiro atoms. The van der Waals surface area contributed by atoms with Crippen LogP contribution in [0.4, 0.5) is 11.4 Å². The summed E-state index contributed by atoms with van der Waals surface area (Å²) in [6, 6.07) is 21.6. The molecule has 4 rings (SSSR count). The minimum absolute atomic E-state index is 0.112. The first-order valence-corrected chi connectivity index (χ1v) is 11.9. The molecule has 0 bridgehead atoms. The van der Waals surface area contributed by atoms with Crippen molar-refractivity contribution in [2.24, 2.45) is 4.99 Å². The molecule has 3 aromatic rings. The molecule has 32 heavy (non-hydrogen) atoms. The predicted octanol–water partition coefficient (Wildman–Crippen LogP) is 6.06. The lowest BCUT2D eigenvalue weighted by molar-refractivity contribution is -0.115. The van der Waals surface area contributed by atoms with Crippen LogP contribution in [-0.4, -0.2) is 31.1 Å². The Balaban J connectivity index is 1.84. The quantitative estimate of drug-likeness (QED) is 0.337. The lowest BCUT2D eigenvalue weighted by Gasteiger charge is -2.16. The van der Waals surface area contributed by atoms with Gasteiger partial charge in [0.25, 0.3) is 0 Å². The van der Waals surface area contributed by atoms with Crippen LogP contribution in [0.5, 0.6) is 11.5 Å². The van der Waals surface area contributed by atoms with Crippen molar-refractivity contribution in [3.05, 3.63) is 77.9 Å². The van der Waals surface area contributed by atoms with Crippen LogP contribution in [0, 0.1) is 0 Å². The predicted molar refractivity (Wildman–Crippen MR) is 131 cm³/mol. The minimum atomic E-state index is -0.553. The molecule has 1 N–H and O–H groups in total. The second-order valence-corrected chi connectivity index (χ2v) is 8.12. The van der Waals surface area contributed by atoms with Crippen LogP contribution in [0.2, 0.25) is 0 Å². The normalized spacial score (nSPS) is 15.3. The van der Waals surface area contributed by atoms with Crippen LogP contribution in [0.3, 0.4) is 0 Å². The van der Waals surface area contributed by atoms with Gasteiger partial charge in [-0.15, -0.1) is 11.8 Å². The highest BCUT2D eigenvalue weighted by molar-refractivity contribution is 7.98. The number of benzene rings is 3. The van der Waals surface area contributed by atoms with Gasteiger partial charge in [0.2, 0.25) is 5.91 Å². The fourth-order valence-electron chi connectivity index (χ4n) is 3.78. The Morgan fingerprint density at radius 2 is 1.62 bits per heavy atom. The molecule has 1 heterocycles. The average Bonchev–Trinajstić information content (AvgIpc) is 3.13. The van der Waals surface area contributed by atoms with Gasteiger partial charge in [0.1, 0.15) is 5.92 Å². The number of amides is 1. The van der Waals surface area contributed by atoms with Crippen LogP contribution >= 0.6 is 11.8 Å². The fraction of sp³-hybridized carbons (Fsp3) is 0.231. The highest BCUT2D eigenvalue weighted by Crippen LogP contribution is 2.43. The van der Waals surface area contributed by atoms with Gasteiger partial charge in [0, 0.05) is 16.6 Å². The van der Waals surface area contributed by atoms with Crippen LogP contribution < -0.4 is 14.8 Å². The molecule has 0 saturated carbocycles. The Morgan fingerprint density at radius 3 is 2.25 bits per heavy atom. The zero-order valence-electron chi connectivity index (χ0n) is 18.4. The Morgan fingerprint density at radius 1 is 0.969 bits per heavy atom. The van der Waals surface area contributed by atoms with E-state index in [1.165, 1.54) is 4.90 Å². The molecule has 0 radical (unpaired) electrons. The van der Waals surface area contributed by atoms with Crippen LogP contribution in [0.1, 0.15) is 30.9 Å². The first-order valence-electron chi connectivity index (χ1n) is 10.7. The molecule has 0 saturated heterocycles. The van der Waals surface area contributed by atoms with Crippen molar-refractivity contribution < 1.29 is 14.3 Å². The molecule has 0 fully saturated rings. The SMILES string of the molecule is CCOc1cc2c(cc1OCC)C(C(=Nc1ccc(SC)cc1)c1ccccc1)C(=O)N2. The van der Waals surface area contributed by atoms with Gasteiger partial charge in [-0.2, -0.15) is 0 Å². The van der Waals surface area contributed by atoms with E-state index in [2.05, 4.69) is 5.32 Å². The maximum atomic E-state index is 13.2. The number of rotatable bonds is 8. The highest BCUT2D eigenvalue weighted by Gasteiger charge is 2.36. The monoisotopic (exact) mass is 446 g/mol. The molecule has 5 nitrogen and oxygen atoms in total. The summed E-state index contributed by atoms with van der Waals surface area (Å²) >= 11 is 1.68.